The van der Waals surface area contributed by atoms with Gasteiger partial charge in [-0.25, -0.2) is 0 Å². The Morgan fingerprint density at radius 3 is 2.45 bits per heavy atom. The largest absolute Gasteiger partial charge is 0.396 e. The summed E-state index contributed by atoms with van der Waals surface area (Å²) in [6, 6.07) is 4.39. The smallest absolute Gasteiger partial charge is 0.241 e. The van der Waals surface area contributed by atoms with Gasteiger partial charge < -0.3 is 15.5 Å². The van der Waals surface area contributed by atoms with Crippen LogP contribution in [0.25, 0.3) is 0 Å². The Morgan fingerprint density at radius 2 is 1.95 bits per heavy atom. The zero-order valence-electron chi connectivity index (χ0n) is 12.9. The van der Waals surface area contributed by atoms with Gasteiger partial charge in [-0.1, -0.05) is 30.1 Å². The molecule has 0 aromatic heterocycles. The molecule has 1 unspecified atom stereocenters. The van der Waals surface area contributed by atoms with Crippen LogP contribution in [0, 0.1) is 5.41 Å². The molecule has 0 aliphatic rings. The third-order valence-corrected chi connectivity index (χ3v) is 4.17. The third kappa shape index (κ3) is 5.11. The van der Waals surface area contributed by atoms with Crippen LogP contribution < -0.4 is 5.32 Å². The Morgan fingerprint density at radius 1 is 1.36 bits per heavy atom. The highest BCUT2D eigenvalue weighted by atomic mass is 35.5. The number of anilines is 1. The molecule has 124 valence electrons. The maximum absolute atomic E-state index is 12.3. The first kappa shape index (κ1) is 19.2. The van der Waals surface area contributed by atoms with Crippen molar-refractivity contribution in [3.8, 4) is 0 Å². The van der Waals surface area contributed by atoms with E-state index in [1.807, 2.05) is 0 Å². The fourth-order valence-corrected chi connectivity index (χ4v) is 2.37. The van der Waals surface area contributed by atoms with Gasteiger partial charge in [-0.2, -0.15) is 0 Å². The van der Waals surface area contributed by atoms with Gasteiger partial charge >= 0.3 is 0 Å². The normalized spacial score (nSPS) is 13.3. The summed E-state index contributed by atoms with van der Waals surface area (Å²) in [4.78, 5) is 14.1. The van der Waals surface area contributed by atoms with Crippen molar-refractivity contribution < 1.29 is 15.0 Å². The molecule has 0 spiro atoms. The van der Waals surface area contributed by atoms with Gasteiger partial charge in [0.25, 0.3) is 0 Å². The van der Waals surface area contributed by atoms with E-state index in [4.69, 9.17) is 23.2 Å². The molecule has 1 atom stereocenters. The lowest BCUT2D eigenvalue weighted by molar-refractivity contribution is -0.121. The maximum Gasteiger partial charge on any atom is 0.241 e. The molecular weight excluding hydrogens is 327 g/mol. The average molecular weight is 349 g/mol. The summed E-state index contributed by atoms with van der Waals surface area (Å²) in [6.07, 6.45) is 0. The molecule has 22 heavy (non-hydrogen) atoms. The van der Waals surface area contributed by atoms with Gasteiger partial charge in [0.15, 0.2) is 0 Å². The van der Waals surface area contributed by atoms with E-state index in [0.717, 1.165) is 0 Å². The van der Waals surface area contributed by atoms with Crippen LogP contribution in [0.2, 0.25) is 10.0 Å². The number of hydrogen-bond donors (Lipinski definition) is 3. The number of rotatable bonds is 7. The quantitative estimate of drug-likeness (QED) is 0.706. The molecular formula is C15H22Cl2N2O3. The number of nitrogens with one attached hydrogen (secondary N) is 1. The van der Waals surface area contributed by atoms with E-state index in [1.54, 1.807) is 44.0 Å². The molecule has 5 nitrogen and oxygen atoms in total. The van der Waals surface area contributed by atoms with Gasteiger partial charge in [-0.15, -0.1) is 0 Å². The van der Waals surface area contributed by atoms with Crippen LogP contribution >= 0.6 is 23.2 Å². The summed E-state index contributed by atoms with van der Waals surface area (Å²) < 4.78 is 0. The molecule has 0 radical (unpaired) electrons. The summed E-state index contributed by atoms with van der Waals surface area (Å²) in [5.74, 6) is -0.232. The van der Waals surface area contributed by atoms with Crippen LogP contribution in [-0.4, -0.2) is 53.9 Å². The molecule has 0 fully saturated rings. The number of carbonyl (C=O) groups is 1. The van der Waals surface area contributed by atoms with Crippen molar-refractivity contribution in [2.24, 2.45) is 5.41 Å². The predicted octanol–water partition coefficient (Wildman–Crippen LogP) is 2.24. The first-order valence-corrected chi connectivity index (χ1v) is 7.66. The molecule has 1 aromatic carbocycles. The number of likely N-dealkylation sites (N-methyl/N-ethyl adjacent to an activating group) is 1. The molecule has 0 saturated carbocycles. The van der Waals surface area contributed by atoms with Crippen molar-refractivity contribution in [2.75, 3.05) is 32.1 Å². The molecule has 7 heteroatoms. The van der Waals surface area contributed by atoms with Crippen LogP contribution in [0.1, 0.15) is 13.8 Å². The number of carbonyl (C=O) groups excluding carboxylic acids is 1. The molecule has 0 aliphatic heterocycles. The second-order valence-electron chi connectivity index (χ2n) is 5.83. The minimum atomic E-state index is -0.665. The van der Waals surface area contributed by atoms with Crippen molar-refractivity contribution in [2.45, 2.75) is 19.9 Å². The SMILES string of the molecule is CC(C(=O)Nc1ccc(Cl)cc1Cl)N(C)CC(C)(CO)CO. The Labute approximate surface area is 140 Å². The number of benzene rings is 1. The van der Waals surface area contributed by atoms with Gasteiger partial charge in [0.1, 0.15) is 0 Å². The monoisotopic (exact) mass is 348 g/mol. The molecule has 1 aromatic rings. The number of amides is 1. The third-order valence-electron chi connectivity index (χ3n) is 3.62. The Kier molecular flexibility index (Phi) is 7.09. The molecule has 1 rings (SSSR count). The number of halogens is 2. The predicted molar refractivity (Wildman–Crippen MR) is 89.5 cm³/mol. The standard InChI is InChI=1S/C15H22Cl2N2O3/c1-10(19(3)7-15(2,8-20)9-21)14(22)18-13-5-4-11(16)6-12(13)17/h4-6,10,20-21H,7-9H2,1-3H3,(H,18,22). The highest BCUT2D eigenvalue weighted by Gasteiger charge is 2.28. The van der Waals surface area contributed by atoms with Crippen LogP contribution in [0.3, 0.4) is 0 Å². The Bertz CT molecular complexity index is 522. The van der Waals surface area contributed by atoms with E-state index in [0.29, 0.717) is 22.3 Å². The van der Waals surface area contributed by atoms with E-state index in [-0.39, 0.29) is 19.1 Å². The van der Waals surface area contributed by atoms with Crippen LogP contribution in [0.15, 0.2) is 18.2 Å². The van der Waals surface area contributed by atoms with Crippen molar-refractivity contribution in [1.29, 1.82) is 0 Å². The highest BCUT2D eigenvalue weighted by molar-refractivity contribution is 6.36. The number of nitrogens with zero attached hydrogens (tertiary/aromatic N) is 1. The van der Waals surface area contributed by atoms with Crippen molar-refractivity contribution >= 4 is 34.8 Å². The van der Waals surface area contributed by atoms with Crippen LogP contribution in [0.5, 0.6) is 0 Å². The van der Waals surface area contributed by atoms with Gasteiger partial charge in [-0.3, -0.25) is 9.69 Å². The summed E-state index contributed by atoms with van der Waals surface area (Å²) in [5.41, 5.74) is -0.176. The second kappa shape index (κ2) is 8.13. The summed E-state index contributed by atoms with van der Waals surface area (Å²) in [7, 11) is 1.76. The second-order valence-corrected chi connectivity index (χ2v) is 6.68. The van der Waals surface area contributed by atoms with Crippen LogP contribution in [-0.2, 0) is 4.79 Å². The zero-order chi connectivity index (χ0) is 16.9. The zero-order valence-corrected chi connectivity index (χ0v) is 14.4. The van der Waals surface area contributed by atoms with E-state index < -0.39 is 11.5 Å². The van der Waals surface area contributed by atoms with E-state index in [1.165, 1.54) is 0 Å². The summed E-state index contributed by atoms with van der Waals surface area (Å²) in [6.45, 7) is 3.55. The van der Waals surface area contributed by atoms with E-state index in [9.17, 15) is 15.0 Å². The molecule has 0 heterocycles. The molecule has 0 aliphatic carbocycles. The van der Waals surface area contributed by atoms with Crippen molar-refractivity contribution in [3.05, 3.63) is 28.2 Å². The lowest BCUT2D eigenvalue weighted by Gasteiger charge is -2.33. The Balaban J connectivity index is 2.72. The number of aliphatic hydroxyl groups excluding tert-OH is 2. The molecule has 1 amide bonds. The number of hydrogen-bond acceptors (Lipinski definition) is 4. The fourth-order valence-electron chi connectivity index (χ4n) is 1.92. The highest BCUT2D eigenvalue weighted by Crippen LogP contribution is 2.26. The first-order valence-electron chi connectivity index (χ1n) is 6.90. The lowest BCUT2D eigenvalue weighted by atomic mass is 9.92. The van der Waals surface area contributed by atoms with Gasteiger partial charge in [0.2, 0.25) is 5.91 Å². The van der Waals surface area contributed by atoms with Gasteiger partial charge in [-0.05, 0) is 32.2 Å². The first-order chi connectivity index (χ1) is 10.2. The molecule has 0 bridgehead atoms. The summed E-state index contributed by atoms with van der Waals surface area (Å²) in [5, 5.41) is 22.3. The van der Waals surface area contributed by atoms with E-state index in [2.05, 4.69) is 5.32 Å². The van der Waals surface area contributed by atoms with Crippen molar-refractivity contribution in [1.82, 2.24) is 4.90 Å². The molecule has 3 N–H and O–H groups in total. The minimum absolute atomic E-state index is 0.162. The van der Waals surface area contributed by atoms with Gasteiger partial charge in [0, 0.05) is 17.0 Å². The minimum Gasteiger partial charge on any atom is -0.396 e. The summed E-state index contributed by atoms with van der Waals surface area (Å²) >= 11 is 11.8. The fraction of sp³-hybridized carbons (Fsp3) is 0.533. The van der Waals surface area contributed by atoms with Crippen LogP contribution in [0.4, 0.5) is 5.69 Å². The number of aliphatic hydroxyl groups is 2. The maximum atomic E-state index is 12.3. The van der Waals surface area contributed by atoms with Crippen molar-refractivity contribution in [3.63, 3.8) is 0 Å². The lowest BCUT2D eigenvalue weighted by Crippen LogP contribution is -2.46. The topological polar surface area (TPSA) is 72.8 Å². The van der Waals surface area contributed by atoms with Gasteiger partial charge in [0.05, 0.1) is 30.0 Å². The molecule has 0 saturated heterocycles. The van der Waals surface area contributed by atoms with E-state index >= 15 is 0 Å². The average Bonchev–Trinajstić information content (AvgIpc) is 2.48. The Hall–Kier alpha value is -0.850.